The van der Waals surface area contributed by atoms with E-state index >= 15 is 0 Å². The first-order valence-corrected chi connectivity index (χ1v) is 5.92. The van der Waals surface area contributed by atoms with Gasteiger partial charge in [-0.15, -0.1) is 0 Å². The number of nitrogens with one attached hydrogen (secondary N) is 2. The van der Waals surface area contributed by atoms with Crippen LogP contribution in [0.1, 0.15) is 12.8 Å². The summed E-state index contributed by atoms with van der Waals surface area (Å²) in [6.45, 7) is 1.14. The number of ether oxygens (including phenoxy) is 1. The van der Waals surface area contributed by atoms with E-state index in [4.69, 9.17) is 4.74 Å². The molecular formula is C13H18N2O2. The highest BCUT2D eigenvalue weighted by Crippen LogP contribution is 2.27. The van der Waals surface area contributed by atoms with Crippen molar-refractivity contribution in [3.05, 3.63) is 24.3 Å². The average molecular weight is 234 g/mol. The van der Waals surface area contributed by atoms with Crippen LogP contribution in [0.3, 0.4) is 0 Å². The molecule has 0 bridgehead atoms. The number of carbonyl (C=O) groups is 1. The first-order chi connectivity index (χ1) is 8.28. The van der Waals surface area contributed by atoms with E-state index in [0.717, 1.165) is 23.9 Å². The summed E-state index contributed by atoms with van der Waals surface area (Å²) in [6.07, 6.45) is 2.51. The summed E-state index contributed by atoms with van der Waals surface area (Å²) in [5.41, 5.74) is 0.923. The Labute approximate surface area is 101 Å². The van der Waals surface area contributed by atoms with Crippen molar-refractivity contribution in [2.45, 2.75) is 12.8 Å². The average Bonchev–Trinajstić information content (AvgIpc) is 3.18. The first kappa shape index (κ1) is 11.8. The molecule has 4 nitrogen and oxygen atoms in total. The molecule has 0 aliphatic heterocycles. The van der Waals surface area contributed by atoms with Gasteiger partial charge in [0, 0.05) is 12.2 Å². The molecule has 1 fully saturated rings. The van der Waals surface area contributed by atoms with Crippen LogP contribution in [-0.2, 0) is 4.79 Å². The molecule has 1 aliphatic carbocycles. The highest BCUT2D eigenvalue weighted by molar-refractivity contribution is 5.80. The zero-order valence-corrected chi connectivity index (χ0v) is 10.0. The summed E-state index contributed by atoms with van der Waals surface area (Å²) in [4.78, 5) is 11.5. The second-order valence-electron chi connectivity index (χ2n) is 4.33. The molecule has 4 heteroatoms. The van der Waals surface area contributed by atoms with Crippen LogP contribution in [0.25, 0.3) is 0 Å². The standard InChI is InChI=1S/C13H18N2O2/c1-17-12-6-4-11(5-7-12)14-9-13(16)15-8-10-2-3-10/h4-7,10,14H,2-3,8-9H2,1H3,(H,15,16). The summed E-state index contributed by atoms with van der Waals surface area (Å²) in [5, 5.41) is 5.98. The van der Waals surface area contributed by atoms with Crippen molar-refractivity contribution in [3.8, 4) is 5.75 Å². The maximum atomic E-state index is 11.5. The topological polar surface area (TPSA) is 50.4 Å². The van der Waals surface area contributed by atoms with E-state index in [1.807, 2.05) is 24.3 Å². The Morgan fingerprint density at radius 1 is 1.35 bits per heavy atom. The van der Waals surface area contributed by atoms with E-state index in [-0.39, 0.29) is 5.91 Å². The fraction of sp³-hybridized carbons (Fsp3) is 0.462. The smallest absolute Gasteiger partial charge is 0.239 e. The minimum Gasteiger partial charge on any atom is -0.497 e. The minimum atomic E-state index is 0.0488. The predicted octanol–water partition coefficient (Wildman–Crippen LogP) is 1.63. The SMILES string of the molecule is COc1ccc(NCC(=O)NCC2CC2)cc1. The fourth-order valence-corrected chi connectivity index (χ4v) is 1.53. The highest BCUT2D eigenvalue weighted by Gasteiger charge is 2.21. The van der Waals surface area contributed by atoms with Crippen LogP contribution in [0.5, 0.6) is 5.75 Å². The molecule has 1 aromatic carbocycles. The van der Waals surface area contributed by atoms with E-state index in [1.54, 1.807) is 7.11 Å². The van der Waals surface area contributed by atoms with Gasteiger partial charge in [-0.1, -0.05) is 0 Å². The molecule has 0 atom stereocenters. The molecule has 0 aromatic heterocycles. The molecule has 1 aliphatic rings. The fourth-order valence-electron chi connectivity index (χ4n) is 1.53. The number of carbonyl (C=O) groups excluding carboxylic acids is 1. The molecule has 1 aromatic rings. The van der Waals surface area contributed by atoms with Crippen molar-refractivity contribution in [2.75, 3.05) is 25.5 Å². The number of hydrogen-bond donors (Lipinski definition) is 2. The molecule has 2 rings (SSSR count). The van der Waals surface area contributed by atoms with Crippen LogP contribution in [-0.4, -0.2) is 26.1 Å². The zero-order valence-electron chi connectivity index (χ0n) is 10.0. The minimum absolute atomic E-state index is 0.0488. The summed E-state index contributed by atoms with van der Waals surface area (Å²) in [7, 11) is 1.63. The van der Waals surface area contributed by atoms with Crippen LogP contribution in [0.4, 0.5) is 5.69 Å². The third-order valence-corrected chi connectivity index (χ3v) is 2.83. The Bertz CT molecular complexity index is 372. The Hall–Kier alpha value is -1.71. The molecule has 0 unspecified atom stereocenters. The number of amides is 1. The summed E-state index contributed by atoms with van der Waals surface area (Å²) >= 11 is 0. The van der Waals surface area contributed by atoms with Gasteiger partial charge in [0.05, 0.1) is 13.7 Å². The van der Waals surface area contributed by atoms with Gasteiger partial charge in [0.25, 0.3) is 0 Å². The van der Waals surface area contributed by atoms with Gasteiger partial charge in [0.2, 0.25) is 5.91 Å². The van der Waals surface area contributed by atoms with Crippen LogP contribution in [0.15, 0.2) is 24.3 Å². The second kappa shape index (κ2) is 5.57. The number of hydrogen-bond acceptors (Lipinski definition) is 3. The van der Waals surface area contributed by atoms with Crippen molar-refractivity contribution < 1.29 is 9.53 Å². The maximum absolute atomic E-state index is 11.5. The third-order valence-electron chi connectivity index (χ3n) is 2.83. The Kier molecular flexibility index (Phi) is 3.85. The van der Waals surface area contributed by atoms with Crippen molar-refractivity contribution in [1.29, 1.82) is 0 Å². The molecule has 1 amide bonds. The first-order valence-electron chi connectivity index (χ1n) is 5.92. The van der Waals surface area contributed by atoms with Crippen molar-refractivity contribution in [2.24, 2.45) is 5.92 Å². The van der Waals surface area contributed by atoms with Gasteiger partial charge in [-0.25, -0.2) is 0 Å². The maximum Gasteiger partial charge on any atom is 0.239 e. The van der Waals surface area contributed by atoms with E-state index < -0.39 is 0 Å². The van der Waals surface area contributed by atoms with Gasteiger partial charge >= 0.3 is 0 Å². The predicted molar refractivity (Wildman–Crippen MR) is 67.2 cm³/mol. The van der Waals surface area contributed by atoms with Crippen LogP contribution < -0.4 is 15.4 Å². The Balaban J connectivity index is 1.70. The molecule has 1 saturated carbocycles. The molecule has 0 saturated heterocycles. The Morgan fingerprint density at radius 2 is 2.06 bits per heavy atom. The third kappa shape index (κ3) is 3.98. The Morgan fingerprint density at radius 3 is 2.65 bits per heavy atom. The molecule has 0 spiro atoms. The molecule has 92 valence electrons. The quantitative estimate of drug-likeness (QED) is 0.786. The normalized spacial score (nSPS) is 14.2. The molecule has 17 heavy (non-hydrogen) atoms. The summed E-state index contributed by atoms with van der Waals surface area (Å²) in [6, 6.07) is 7.52. The molecular weight excluding hydrogens is 216 g/mol. The summed E-state index contributed by atoms with van der Waals surface area (Å²) < 4.78 is 5.06. The highest BCUT2D eigenvalue weighted by atomic mass is 16.5. The van der Waals surface area contributed by atoms with E-state index in [0.29, 0.717) is 6.54 Å². The van der Waals surface area contributed by atoms with Gasteiger partial charge in [0.1, 0.15) is 5.75 Å². The second-order valence-corrected chi connectivity index (χ2v) is 4.33. The van der Waals surface area contributed by atoms with E-state index in [9.17, 15) is 4.79 Å². The molecule has 0 heterocycles. The zero-order chi connectivity index (χ0) is 12.1. The lowest BCUT2D eigenvalue weighted by molar-refractivity contribution is -0.119. The number of rotatable bonds is 6. The van der Waals surface area contributed by atoms with Crippen molar-refractivity contribution in [3.63, 3.8) is 0 Å². The van der Waals surface area contributed by atoms with Gasteiger partial charge in [0.15, 0.2) is 0 Å². The molecule has 0 radical (unpaired) electrons. The summed E-state index contributed by atoms with van der Waals surface area (Å²) in [5.74, 6) is 1.58. The monoisotopic (exact) mass is 234 g/mol. The van der Waals surface area contributed by atoms with Crippen LogP contribution in [0, 0.1) is 5.92 Å². The number of benzene rings is 1. The van der Waals surface area contributed by atoms with Gasteiger partial charge < -0.3 is 15.4 Å². The lowest BCUT2D eigenvalue weighted by Crippen LogP contribution is -2.31. The number of methoxy groups -OCH3 is 1. The van der Waals surface area contributed by atoms with Gasteiger partial charge in [-0.3, -0.25) is 4.79 Å². The van der Waals surface area contributed by atoms with E-state index in [2.05, 4.69) is 10.6 Å². The van der Waals surface area contributed by atoms with Crippen molar-refractivity contribution >= 4 is 11.6 Å². The van der Waals surface area contributed by atoms with Crippen LogP contribution >= 0.6 is 0 Å². The largest absolute Gasteiger partial charge is 0.497 e. The van der Waals surface area contributed by atoms with Gasteiger partial charge in [-0.05, 0) is 43.0 Å². The lowest BCUT2D eigenvalue weighted by Gasteiger charge is -2.07. The van der Waals surface area contributed by atoms with Crippen molar-refractivity contribution in [1.82, 2.24) is 5.32 Å². The van der Waals surface area contributed by atoms with E-state index in [1.165, 1.54) is 12.8 Å². The van der Waals surface area contributed by atoms with Gasteiger partial charge in [-0.2, -0.15) is 0 Å². The van der Waals surface area contributed by atoms with Crippen LogP contribution in [0.2, 0.25) is 0 Å². The molecule has 2 N–H and O–H groups in total. The number of anilines is 1. The lowest BCUT2D eigenvalue weighted by atomic mass is 10.3.